The summed E-state index contributed by atoms with van der Waals surface area (Å²) in [6, 6.07) is 3.99. The van der Waals surface area contributed by atoms with Gasteiger partial charge in [0.05, 0.1) is 29.3 Å². The zero-order valence-electron chi connectivity index (χ0n) is 15.0. The molecule has 0 saturated heterocycles. The highest BCUT2D eigenvalue weighted by atomic mass is 35.5. The fraction of sp³-hybridized carbons (Fsp3) is 0.111. The number of esters is 2. The Balaban J connectivity index is 2.48. The molecule has 0 N–H and O–H groups in total. The standard InChI is InChI=1S/C18H10Cl6O6/c1-27-6-10(18(26)28-2)29-9-4-3-7(19)5-8(9)17(25)30-16-14(23)12(21)11(20)13(22)15(16)24/h3-6H,1-2H3/b10-6+. The van der Waals surface area contributed by atoms with Crippen LogP contribution in [-0.4, -0.2) is 26.2 Å². The lowest BCUT2D eigenvalue weighted by Gasteiger charge is -2.15. The molecule has 0 bridgehead atoms. The molecule has 30 heavy (non-hydrogen) atoms. The molecule has 0 aliphatic carbocycles. The summed E-state index contributed by atoms with van der Waals surface area (Å²) in [5, 5.41) is -0.712. The van der Waals surface area contributed by atoms with Crippen LogP contribution in [0, 0.1) is 0 Å². The molecule has 0 spiro atoms. The molecule has 0 atom stereocenters. The van der Waals surface area contributed by atoms with Gasteiger partial charge in [0, 0.05) is 5.02 Å². The van der Waals surface area contributed by atoms with Crippen molar-refractivity contribution in [3.05, 3.63) is 65.9 Å². The topological polar surface area (TPSA) is 71.1 Å². The zero-order chi connectivity index (χ0) is 22.6. The molecule has 2 aromatic carbocycles. The zero-order valence-corrected chi connectivity index (χ0v) is 19.6. The van der Waals surface area contributed by atoms with Crippen LogP contribution in [0.4, 0.5) is 0 Å². The van der Waals surface area contributed by atoms with Crippen molar-refractivity contribution in [2.75, 3.05) is 14.2 Å². The van der Waals surface area contributed by atoms with Crippen molar-refractivity contribution in [1.29, 1.82) is 0 Å². The van der Waals surface area contributed by atoms with E-state index in [-0.39, 0.29) is 53.0 Å². The predicted molar refractivity (Wildman–Crippen MR) is 116 cm³/mol. The number of ether oxygens (including phenoxy) is 4. The molecule has 2 rings (SSSR count). The summed E-state index contributed by atoms with van der Waals surface area (Å²) >= 11 is 36.0. The average Bonchev–Trinajstić information content (AvgIpc) is 2.73. The van der Waals surface area contributed by atoms with Crippen molar-refractivity contribution in [3.63, 3.8) is 0 Å². The number of rotatable bonds is 6. The quantitative estimate of drug-likeness (QED) is 0.101. The van der Waals surface area contributed by atoms with Gasteiger partial charge < -0.3 is 18.9 Å². The van der Waals surface area contributed by atoms with Crippen LogP contribution >= 0.6 is 69.6 Å². The van der Waals surface area contributed by atoms with Crippen LogP contribution < -0.4 is 9.47 Å². The molecule has 0 aromatic heterocycles. The van der Waals surface area contributed by atoms with Crippen molar-refractivity contribution in [1.82, 2.24) is 0 Å². The third kappa shape index (κ3) is 5.38. The number of hydrogen-bond donors (Lipinski definition) is 0. The van der Waals surface area contributed by atoms with Crippen molar-refractivity contribution in [3.8, 4) is 11.5 Å². The van der Waals surface area contributed by atoms with Crippen LogP contribution in [0.25, 0.3) is 0 Å². The van der Waals surface area contributed by atoms with Crippen LogP contribution in [-0.2, 0) is 14.3 Å². The minimum absolute atomic E-state index is 0.100. The predicted octanol–water partition coefficient (Wildman–Crippen LogP) is 6.87. The van der Waals surface area contributed by atoms with Gasteiger partial charge in [-0.15, -0.1) is 0 Å². The molecule has 0 saturated carbocycles. The van der Waals surface area contributed by atoms with E-state index in [0.29, 0.717) is 0 Å². The van der Waals surface area contributed by atoms with E-state index in [1.165, 1.54) is 25.3 Å². The SMILES string of the molecule is CO/C=C(/Oc1ccc(Cl)cc1C(=O)Oc1c(Cl)c(Cl)c(Cl)c(Cl)c1Cl)C(=O)OC. The summed E-state index contributed by atoms with van der Waals surface area (Å²) in [5.74, 6) is -2.61. The number of carbonyl (C=O) groups excluding carboxylic acids is 2. The van der Waals surface area contributed by atoms with Gasteiger partial charge in [0.15, 0.2) is 5.75 Å². The smallest absolute Gasteiger partial charge is 0.377 e. The first-order valence-electron chi connectivity index (χ1n) is 7.64. The molecule has 0 fully saturated rings. The lowest BCUT2D eigenvalue weighted by Crippen LogP contribution is -2.15. The van der Waals surface area contributed by atoms with E-state index < -0.39 is 11.9 Å². The lowest BCUT2D eigenvalue weighted by molar-refractivity contribution is -0.138. The Labute approximate surface area is 201 Å². The van der Waals surface area contributed by atoms with Crippen molar-refractivity contribution < 1.29 is 28.5 Å². The van der Waals surface area contributed by atoms with Crippen LogP contribution in [0.5, 0.6) is 11.5 Å². The van der Waals surface area contributed by atoms with E-state index in [0.717, 1.165) is 13.4 Å². The highest BCUT2D eigenvalue weighted by Crippen LogP contribution is 2.48. The molecular formula is C18H10Cl6O6. The first kappa shape index (κ1) is 24.7. The number of halogens is 6. The second-order valence-electron chi connectivity index (χ2n) is 5.24. The van der Waals surface area contributed by atoms with E-state index in [2.05, 4.69) is 4.74 Å². The normalized spacial score (nSPS) is 11.1. The lowest BCUT2D eigenvalue weighted by atomic mass is 10.2. The Morgan fingerprint density at radius 1 is 0.833 bits per heavy atom. The highest BCUT2D eigenvalue weighted by molar-refractivity contribution is 6.55. The Kier molecular flexibility index (Phi) is 8.79. The molecule has 6 nitrogen and oxygen atoms in total. The third-order valence-corrected chi connectivity index (χ3v) is 5.83. The summed E-state index contributed by atoms with van der Waals surface area (Å²) in [4.78, 5) is 24.6. The summed E-state index contributed by atoms with van der Waals surface area (Å²) in [6.07, 6.45) is 0.988. The Morgan fingerprint density at radius 3 is 1.93 bits per heavy atom. The van der Waals surface area contributed by atoms with E-state index >= 15 is 0 Å². The second-order valence-corrected chi connectivity index (χ2v) is 7.57. The fourth-order valence-electron chi connectivity index (χ4n) is 2.01. The molecule has 2 aromatic rings. The van der Waals surface area contributed by atoms with Gasteiger partial charge >= 0.3 is 11.9 Å². The van der Waals surface area contributed by atoms with Gasteiger partial charge in [0.1, 0.15) is 27.6 Å². The van der Waals surface area contributed by atoms with Gasteiger partial charge in [-0.1, -0.05) is 69.6 Å². The molecule has 0 radical (unpaired) electrons. The number of benzene rings is 2. The van der Waals surface area contributed by atoms with Gasteiger partial charge in [-0.25, -0.2) is 9.59 Å². The summed E-state index contributed by atoms with van der Waals surface area (Å²) in [7, 11) is 2.44. The Bertz CT molecular complexity index is 1010. The van der Waals surface area contributed by atoms with Crippen LogP contribution in [0.15, 0.2) is 30.2 Å². The molecular weight excluding hydrogens is 525 g/mol. The molecule has 0 heterocycles. The number of hydrogen-bond acceptors (Lipinski definition) is 6. The molecule has 160 valence electrons. The molecule has 0 amide bonds. The molecule has 0 aliphatic heterocycles. The van der Waals surface area contributed by atoms with Crippen molar-refractivity contribution in [2.24, 2.45) is 0 Å². The maximum absolute atomic E-state index is 12.8. The summed E-state index contributed by atoms with van der Waals surface area (Å²) in [5.41, 5.74) is -0.178. The Hall–Kier alpha value is -1.54. The average molecular weight is 535 g/mol. The molecule has 0 aliphatic rings. The second kappa shape index (κ2) is 10.7. The minimum Gasteiger partial charge on any atom is -0.500 e. The molecule has 0 unspecified atom stereocenters. The largest absolute Gasteiger partial charge is 0.500 e. The monoisotopic (exact) mass is 532 g/mol. The van der Waals surface area contributed by atoms with E-state index in [1.54, 1.807) is 0 Å². The van der Waals surface area contributed by atoms with Gasteiger partial charge in [0.2, 0.25) is 5.76 Å². The first-order valence-corrected chi connectivity index (χ1v) is 9.91. The molecule has 12 heteroatoms. The van der Waals surface area contributed by atoms with Gasteiger partial charge in [-0.2, -0.15) is 0 Å². The van der Waals surface area contributed by atoms with Crippen LogP contribution in [0.1, 0.15) is 10.4 Å². The van der Waals surface area contributed by atoms with Gasteiger partial charge in [-0.05, 0) is 18.2 Å². The van der Waals surface area contributed by atoms with E-state index in [9.17, 15) is 9.59 Å². The maximum atomic E-state index is 12.8. The number of methoxy groups -OCH3 is 2. The van der Waals surface area contributed by atoms with Gasteiger partial charge in [-0.3, -0.25) is 0 Å². The summed E-state index contributed by atoms with van der Waals surface area (Å²) < 4.78 is 20.1. The summed E-state index contributed by atoms with van der Waals surface area (Å²) in [6.45, 7) is 0. The van der Waals surface area contributed by atoms with Crippen LogP contribution in [0.2, 0.25) is 30.1 Å². The maximum Gasteiger partial charge on any atom is 0.377 e. The van der Waals surface area contributed by atoms with Crippen molar-refractivity contribution >= 4 is 81.5 Å². The fourth-order valence-corrected chi connectivity index (χ4v) is 3.38. The first-order chi connectivity index (χ1) is 14.1. The number of carbonyl (C=O) groups is 2. The van der Waals surface area contributed by atoms with Gasteiger partial charge in [0.25, 0.3) is 0 Å². The highest BCUT2D eigenvalue weighted by Gasteiger charge is 2.26. The Morgan fingerprint density at radius 2 is 1.40 bits per heavy atom. The van der Waals surface area contributed by atoms with Crippen LogP contribution in [0.3, 0.4) is 0 Å². The minimum atomic E-state index is -0.993. The van der Waals surface area contributed by atoms with Crippen molar-refractivity contribution in [2.45, 2.75) is 0 Å². The third-order valence-electron chi connectivity index (χ3n) is 3.36. The van der Waals surface area contributed by atoms with E-state index in [4.69, 9.17) is 83.8 Å². The van der Waals surface area contributed by atoms with E-state index in [1.807, 2.05) is 0 Å².